The zero-order valence-electron chi connectivity index (χ0n) is 12.3. The van der Waals surface area contributed by atoms with Crippen LogP contribution in [0.15, 0.2) is 23.1 Å². The molecule has 1 rings (SSSR count). The number of carbonyl (C=O) groups is 1. The lowest BCUT2D eigenvalue weighted by Crippen LogP contribution is -2.36. The van der Waals surface area contributed by atoms with Gasteiger partial charge in [0.05, 0.1) is 15.6 Å². The fourth-order valence-electron chi connectivity index (χ4n) is 1.42. The lowest BCUT2D eigenvalue weighted by atomic mass is 10.1. The van der Waals surface area contributed by atoms with E-state index in [-0.39, 0.29) is 21.6 Å². The first-order chi connectivity index (χ1) is 9.43. The number of aliphatic hydroxyl groups is 1. The molecule has 0 aliphatic heterocycles. The topological polar surface area (TPSA) is 95.5 Å². The predicted molar refractivity (Wildman–Crippen MR) is 81.8 cm³/mol. The van der Waals surface area contributed by atoms with Crippen molar-refractivity contribution in [3.8, 4) is 0 Å². The zero-order chi connectivity index (χ0) is 16.4. The van der Waals surface area contributed by atoms with Crippen molar-refractivity contribution in [1.82, 2.24) is 4.72 Å². The first kappa shape index (κ1) is 17.9. The lowest BCUT2D eigenvalue weighted by molar-refractivity contribution is -0.130. The molecular formula is C13H19ClN2O4S. The SMILES string of the molecule is CC(C)NS(=O)(=O)c1ccc(NC(=O)C(C)(C)O)c(Cl)c1. The van der Waals surface area contributed by atoms with Gasteiger partial charge in [0.25, 0.3) is 5.91 Å². The second kappa shape index (κ2) is 6.31. The van der Waals surface area contributed by atoms with Crippen LogP contribution in [0.4, 0.5) is 5.69 Å². The predicted octanol–water partition coefficient (Wildman–Crippen LogP) is 1.74. The number of carbonyl (C=O) groups excluding carboxylic acids is 1. The molecule has 3 N–H and O–H groups in total. The Labute approximate surface area is 129 Å². The van der Waals surface area contributed by atoms with Crippen LogP contribution >= 0.6 is 11.6 Å². The third-order valence-corrected chi connectivity index (χ3v) is 4.41. The number of rotatable bonds is 5. The summed E-state index contributed by atoms with van der Waals surface area (Å²) in [7, 11) is -3.65. The highest BCUT2D eigenvalue weighted by molar-refractivity contribution is 7.89. The fraction of sp³-hybridized carbons (Fsp3) is 0.462. The number of halogens is 1. The molecule has 6 nitrogen and oxygen atoms in total. The van der Waals surface area contributed by atoms with E-state index < -0.39 is 21.5 Å². The molecule has 0 heterocycles. The van der Waals surface area contributed by atoms with E-state index in [9.17, 15) is 18.3 Å². The number of amides is 1. The van der Waals surface area contributed by atoms with Crippen LogP contribution in [-0.4, -0.2) is 31.1 Å². The molecule has 118 valence electrons. The summed E-state index contributed by atoms with van der Waals surface area (Å²) >= 11 is 5.98. The van der Waals surface area contributed by atoms with Crippen LogP contribution in [0.1, 0.15) is 27.7 Å². The smallest absolute Gasteiger partial charge is 0.255 e. The maximum Gasteiger partial charge on any atom is 0.255 e. The highest BCUT2D eigenvalue weighted by atomic mass is 35.5. The molecule has 1 aromatic carbocycles. The van der Waals surface area contributed by atoms with Crippen molar-refractivity contribution in [2.24, 2.45) is 0 Å². The largest absolute Gasteiger partial charge is 0.381 e. The van der Waals surface area contributed by atoms with Crippen LogP contribution < -0.4 is 10.0 Å². The van der Waals surface area contributed by atoms with E-state index in [4.69, 9.17) is 11.6 Å². The molecule has 0 aliphatic rings. The number of nitrogens with one attached hydrogen (secondary N) is 2. The van der Waals surface area contributed by atoms with E-state index in [1.807, 2.05) is 0 Å². The lowest BCUT2D eigenvalue weighted by Gasteiger charge is -2.17. The average molecular weight is 335 g/mol. The second-order valence-electron chi connectivity index (χ2n) is 5.43. The number of hydrogen-bond acceptors (Lipinski definition) is 4. The maximum atomic E-state index is 12.0. The Morgan fingerprint density at radius 3 is 2.33 bits per heavy atom. The van der Waals surface area contributed by atoms with Crippen molar-refractivity contribution in [2.45, 2.75) is 44.2 Å². The van der Waals surface area contributed by atoms with Crippen LogP contribution in [0.5, 0.6) is 0 Å². The van der Waals surface area contributed by atoms with Crippen molar-refractivity contribution >= 4 is 33.2 Å². The molecule has 0 spiro atoms. The van der Waals surface area contributed by atoms with Gasteiger partial charge in [-0.1, -0.05) is 11.6 Å². The molecule has 0 radical (unpaired) electrons. The molecule has 21 heavy (non-hydrogen) atoms. The molecule has 8 heteroatoms. The standard InChI is InChI=1S/C13H19ClN2O4S/c1-8(2)16-21(19,20)9-5-6-11(10(14)7-9)15-12(17)13(3,4)18/h5-8,16,18H,1-4H3,(H,15,17). The number of sulfonamides is 1. The number of anilines is 1. The summed E-state index contributed by atoms with van der Waals surface area (Å²) in [5.41, 5.74) is -1.33. The van der Waals surface area contributed by atoms with Crippen molar-refractivity contribution in [3.63, 3.8) is 0 Å². The quantitative estimate of drug-likeness (QED) is 0.764. The van der Waals surface area contributed by atoms with Crippen LogP contribution in [-0.2, 0) is 14.8 Å². The van der Waals surface area contributed by atoms with Gasteiger partial charge >= 0.3 is 0 Å². The van der Waals surface area contributed by atoms with Gasteiger partial charge in [-0.05, 0) is 45.9 Å². The molecule has 0 saturated carbocycles. The van der Waals surface area contributed by atoms with Gasteiger partial charge < -0.3 is 10.4 Å². The van der Waals surface area contributed by atoms with Gasteiger partial charge in [0, 0.05) is 6.04 Å². The molecule has 0 bridgehead atoms. The van der Waals surface area contributed by atoms with Gasteiger partial charge in [0.1, 0.15) is 5.60 Å². The zero-order valence-corrected chi connectivity index (χ0v) is 13.8. The highest BCUT2D eigenvalue weighted by Crippen LogP contribution is 2.26. The van der Waals surface area contributed by atoms with E-state index >= 15 is 0 Å². The Balaban J connectivity index is 3.04. The van der Waals surface area contributed by atoms with Crippen molar-refractivity contribution in [2.75, 3.05) is 5.32 Å². The monoisotopic (exact) mass is 334 g/mol. The summed E-state index contributed by atoms with van der Waals surface area (Å²) in [6, 6.07) is 3.70. The number of benzene rings is 1. The van der Waals surface area contributed by atoms with E-state index in [2.05, 4.69) is 10.0 Å². The van der Waals surface area contributed by atoms with Gasteiger partial charge in [-0.2, -0.15) is 0 Å². The normalized spacial score (nSPS) is 12.5. The van der Waals surface area contributed by atoms with Crippen molar-refractivity contribution in [1.29, 1.82) is 0 Å². The second-order valence-corrected chi connectivity index (χ2v) is 7.55. The Morgan fingerprint density at radius 1 is 1.33 bits per heavy atom. The van der Waals surface area contributed by atoms with Crippen LogP contribution in [0.2, 0.25) is 5.02 Å². The summed E-state index contributed by atoms with van der Waals surface area (Å²) in [6.45, 7) is 6.08. The molecule has 1 amide bonds. The van der Waals surface area contributed by atoms with E-state index in [1.54, 1.807) is 13.8 Å². The Kier molecular flexibility index (Phi) is 5.38. The molecule has 0 unspecified atom stereocenters. The molecule has 0 atom stereocenters. The summed E-state index contributed by atoms with van der Waals surface area (Å²) < 4.78 is 26.4. The van der Waals surface area contributed by atoms with Crippen LogP contribution in [0.25, 0.3) is 0 Å². The molecule has 0 aromatic heterocycles. The van der Waals surface area contributed by atoms with E-state index in [1.165, 1.54) is 32.0 Å². The summed E-state index contributed by atoms with van der Waals surface area (Å²) in [6.07, 6.45) is 0. The minimum Gasteiger partial charge on any atom is -0.381 e. The molecule has 0 saturated heterocycles. The van der Waals surface area contributed by atoms with Gasteiger partial charge in [-0.3, -0.25) is 4.79 Å². The third kappa shape index (κ3) is 4.96. The number of hydrogen-bond donors (Lipinski definition) is 3. The maximum absolute atomic E-state index is 12.0. The molecule has 1 aromatic rings. The summed E-state index contributed by atoms with van der Waals surface area (Å²) in [5, 5.41) is 12.1. The fourth-order valence-corrected chi connectivity index (χ4v) is 2.99. The highest BCUT2D eigenvalue weighted by Gasteiger charge is 2.25. The van der Waals surface area contributed by atoms with E-state index in [0.29, 0.717) is 0 Å². The van der Waals surface area contributed by atoms with Crippen LogP contribution in [0.3, 0.4) is 0 Å². The first-order valence-electron chi connectivity index (χ1n) is 6.29. The summed E-state index contributed by atoms with van der Waals surface area (Å²) in [4.78, 5) is 11.7. The van der Waals surface area contributed by atoms with Gasteiger partial charge in [0.15, 0.2) is 0 Å². The summed E-state index contributed by atoms with van der Waals surface area (Å²) in [5.74, 6) is -0.639. The van der Waals surface area contributed by atoms with Crippen LogP contribution in [0, 0.1) is 0 Å². The first-order valence-corrected chi connectivity index (χ1v) is 8.15. The Morgan fingerprint density at radius 2 is 1.90 bits per heavy atom. The van der Waals surface area contributed by atoms with Crippen molar-refractivity contribution < 1.29 is 18.3 Å². The van der Waals surface area contributed by atoms with Gasteiger partial charge in [-0.25, -0.2) is 13.1 Å². The van der Waals surface area contributed by atoms with Gasteiger partial charge in [-0.15, -0.1) is 0 Å². The molecule has 0 fully saturated rings. The minimum atomic E-state index is -3.65. The van der Waals surface area contributed by atoms with Crippen molar-refractivity contribution in [3.05, 3.63) is 23.2 Å². The Hall–Kier alpha value is -1.15. The minimum absolute atomic E-state index is 0.00228. The molecule has 0 aliphatic carbocycles. The third-order valence-electron chi connectivity index (χ3n) is 2.45. The molecular weight excluding hydrogens is 316 g/mol. The van der Waals surface area contributed by atoms with E-state index in [0.717, 1.165) is 0 Å². The Bertz CT molecular complexity index is 636. The average Bonchev–Trinajstić information content (AvgIpc) is 2.28. The van der Waals surface area contributed by atoms with Gasteiger partial charge in [0.2, 0.25) is 10.0 Å².